The number of hydrogen-bond acceptors (Lipinski definition) is 5. The molecular weight excluding hydrogens is 276 g/mol. The van der Waals surface area contributed by atoms with Crippen molar-refractivity contribution in [3.63, 3.8) is 0 Å². The molecule has 120 valence electrons. The van der Waals surface area contributed by atoms with Gasteiger partial charge in [0.2, 0.25) is 0 Å². The van der Waals surface area contributed by atoms with Crippen LogP contribution in [0.1, 0.15) is 37.8 Å². The van der Waals surface area contributed by atoms with Crippen molar-refractivity contribution in [2.24, 2.45) is 0 Å². The van der Waals surface area contributed by atoms with E-state index in [2.05, 4.69) is 17.2 Å². The zero-order valence-electron chi connectivity index (χ0n) is 13.9. The maximum absolute atomic E-state index is 8.18. The monoisotopic (exact) mass is 302 g/mol. The highest BCUT2D eigenvalue weighted by molar-refractivity contribution is 6.12. The third-order valence-electron chi connectivity index (χ3n) is 3.26. The molecule has 0 saturated heterocycles. The second-order valence-corrected chi connectivity index (χ2v) is 5.37. The molecule has 1 aromatic heterocycles. The molecule has 0 amide bonds. The summed E-state index contributed by atoms with van der Waals surface area (Å²) in [6, 6.07) is 1.93. The molecule has 0 aliphatic rings. The van der Waals surface area contributed by atoms with E-state index >= 15 is 0 Å². The van der Waals surface area contributed by atoms with E-state index in [4.69, 9.17) is 15.6 Å². The number of nitrogens with zero attached hydrogens (tertiary/aromatic N) is 1. The van der Waals surface area contributed by atoms with Crippen molar-refractivity contribution in [1.29, 1.82) is 10.8 Å². The minimum absolute atomic E-state index is 0.134. The zero-order chi connectivity index (χ0) is 16.5. The van der Waals surface area contributed by atoms with Gasteiger partial charge in [0.15, 0.2) is 0 Å². The highest BCUT2D eigenvalue weighted by atomic mass is 16.5. The molecule has 0 aliphatic carbocycles. The molecule has 0 bridgehead atoms. The Hall–Kier alpha value is -2.01. The minimum atomic E-state index is 0.134. The van der Waals surface area contributed by atoms with Crippen LogP contribution in [0.3, 0.4) is 0 Å². The smallest absolute Gasteiger partial charge is 0.135 e. The standard InChI is InChI=1S/C17H26N4O/c1-5-6-14(22-4)11-21-17-15(9-12(2)10-20-17)16(19)8-7-13(3)18/h7-10,14,18-19H,5-6,11H2,1-4H3,(H,20,21)/b8-7-,18-13?,19-16?/t14-/m1/s1. The van der Waals surface area contributed by atoms with Gasteiger partial charge in [-0.2, -0.15) is 0 Å². The Morgan fingerprint density at radius 2 is 2.14 bits per heavy atom. The van der Waals surface area contributed by atoms with Gasteiger partial charge in [0.05, 0.1) is 11.8 Å². The van der Waals surface area contributed by atoms with E-state index in [9.17, 15) is 0 Å². The Kier molecular flexibility index (Phi) is 7.46. The van der Waals surface area contributed by atoms with Gasteiger partial charge in [-0.1, -0.05) is 13.3 Å². The predicted octanol–water partition coefficient (Wildman–Crippen LogP) is 3.58. The molecule has 22 heavy (non-hydrogen) atoms. The number of anilines is 1. The Bertz CT molecular complexity index is 552. The van der Waals surface area contributed by atoms with Gasteiger partial charge in [-0.3, -0.25) is 0 Å². The van der Waals surface area contributed by atoms with Crippen LogP contribution in [0.15, 0.2) is 24.4 Å². The third-order valence-corrected chi connectivity index (χ3v) is 3.26. The molecular formula is C17H26N4O. The van der Waals surface area contributed by atoms with E-state index < -0.39 is 0 Å². The van der Waals surface area contributed by atoms with Crippen molar-refractivity contribution in [3.8, 4) is 0 Å². The molecule has 1 aromatic rings. The molecule has 3 N–H and O–H groups in total. The molecule has 1 heterocycles. The van der Waals surface area contributed by atoms with E-state index in [1.165, 1.54) is 0 Å². The Morgan fingerprint density at radius 1 is 1.41 bits per heavy atom. The largest absolute Gasteiger partial charge is 0.380 e. The van der Waals surface area contributed by atoms with Crippen molar-refractivity contribution in [1.82, 2.24) is 4.98 Å². The number of aromatic nitrogens is 1. The molecule has 0 aromatic carbocycles. The molecule has 1 rings (SSSR count). The lowest BCUT2D eigenvalue weighted by atomic mass is 10.1. The van der Waals surface area contributed by atoms with Crippen LogP contribution in [0.25, 0.3) is 0 Å². The summed E-state index contributed by atoms with van der Waals surface area (Å²) in [5.74, 6) is 0.682. The number of ether oxygens (including phenoxy) is 1. The second kappa shape index (κ2) is 9.10. The first kappa shape index (κ1) is 18.0. The number of rotatable bonds is 9. The van der Waals surface area contributed by atoms with Crippen LogP contribution < -0.4 is 5.32 Å². The number of aryl methyl sites for hydroxylation is 1. The van der Waals surface area contributed by atoms with E-state index in [-0.39, 0.29) is 6.10 Å². The lowest BCUT2D eigenvalue weighted by molar-refractivity contribution is 0.105. The molecule has 0 spiro atoms. The summed E-state index contributed by atoms with van der Waals surface area (Å²) in [5.41, 5.74) is 2.50. The minimum Gasteiger partial charge on any atom is -0.380 e. The quantitative estimate of drug-likeness (QED) is 0.610. The molecule has 0 radical (unpaired) electrons. The summed E-state index contributed by atoms with van der Waals surface area (Å²) >= 11 is 0. The van der Waals surface area contributed by atoms with Crippen LogP contribution in [-0.4, -0.2) is 36.2 Å². The maximum Gasteiger partial charge on any atom is 0.135 e. The van der Waals surface area contributed by atoms with Gasteiger partial charge in [-0.05, 0) is 44.1 Å². The average Bonchev–Trinajstić information content (AvgIpc) is 2.49. The molecule has 0 aliphatic heterocycles. The van der Waals surface area contributed by atoms with Gasteiger partial charge >= 0.3 is 0 Å². The van der Waals surface area contributed by atoms with Crippen molar-refractivity contribution in [3.05, 3.63) is 35.5 Å². The first-order valence-electron chi connectivity index (χ1n) is 7.53. The summed E-state index contributed by atoms with van der Waals surface area (Å²) < 4.78 is 5.43. The normalized spacial score (nSPS) is 12.4. The molecule has 5 heteroatoms. The van der Waals surface area contributed by atoms with Gasteiger partial charge < -0.3 is 20.9 Å². The second-order valence-electron chi connectivity index (χ2n) is 5.37. The van der Waals surface area contributed by atoms with Crippen molar-refractivity contribution < 1.29 is 4.74 Å². The van der Waals surface area contributed by atoms with E-state index in [0.717, 1.165) is 24.0 Å². The molecule has 0 saturated carbocycles. The summed E-state index contributed by atoms with van der Waals surface area (Å²) in [7, 11) is 1.71. The lowest BCUT2D eigenvalue weighted by Crippen LogP contribution is -2.23. The van der Waals surface area contributed by atoms with Crippen LogP contribution in [-0.2, 0) is 4.74 Å². The van der Waals surface area contributed by atoms with Crippen molar-refractivity contribution in [2.75, 3.05) is 19.0 Å². The topological polar surface area (TPSA) is 81.9 Å². The lowest BCUT2D eigenvalue weighted by Gasteiger charge is -2.17. The average molecular weight is 302 g/mol. The zero-order valence-corrected chi connectivity index (χ0v) is 13.9. The number of allylic oxidation sites excluding steroid dienone is 2. The highest BCUT2D eigenvalue weighted by Crippen LogP contribution is 2.16. The van der Waals surface area contributed by atoms with Gasteiger partial charge in [0, 0.05) is 31.1 Å². The number of pyridine rings is 1. The van der Waals surface area contributed by atoms with Crippen LogP contribution in [0, 0.1) is 17.7 Å². The Labute approximate surface area is 132 Å². The Balaban J connectivity index is 2.90. The fraction of sp³-hybridized carbons (Fsp3) is 0.471. The van der Waals surface area contributed by atoms with Crippen molar-refractivity contribution >= 4 is 17.2 Å². The highest BCUT2D eigenvalue weighted by Gasteiger charge is 2.11. The van der Waals surface area contributed by atoms with E-state index in [0.29, 0.717) is 23.8 Å². The van der Waals surface area contributed by atoms with Crippen LogP contribution in [0.2, 0.25) is 0 Å². The number of methoxy groups -OCH3 is 1. The number of nitrogens with one attached hydrogen (secondary N) is 3. The summed E-state index contributed by atoms with van der Waals surface area (Å²) in [4.78, 5) is 4.40. The van der Waals surface area contributed by atoms with Crippen LogP contribution >= 0.6 is 0 Å². The van der Waals surface area contributed by atoms with Gasteiger partial charge in [0.25, 0.3) is 0 Å². The SMILES string of the molecule is CCC[C@H](CNc1ncc(C)cc1C(=N)/C=C\C(C)=N)OC. The molecule has 1 atom stereocenters. The molecule has 0 unspecified atom stereocenters. The van der Waals surface area contributed by atoms with Crippen LogP contribution in [0.4, 0.5) is 5.82 Å². The fourth-order valence-corrected chi connectivity index (χ4v) is 2.05. The van der Waals surface area contributed by atoms with Gasteiger partial charge in [0.1, 0.15) is 5.82 Å². The summed E-state index contributed by atoms with van der Waals surface area (Å²) in [6.07, 6.45) is 7.20. The van der Waals surface area contributed by atoms with Gasteiger partial charge in [-0.25, -0.2) is 4.98 Å². The maximum atomic E-state index is 8.18. The first-order valence-corrected chi connectivity index (χ1v) is 7.53. The van der Waals surface area contributed by atoms with Crippen molar-refractivity contribution in [2.45, 2.75) is 39.7 Å². The van der Waals surface area contributed by atoms with Gasteiger partial charge in [-0.15, -0.1) is 0 Å². The first-order chi connectivity index (χ1) is 10.5. The number of hydrogen-bond donors (Lipinski definition) is 3. The third kappa shape index (κ3) is 5.77. The van der Waals surface area contributed by atoms with E-state index in [1.54, 1.807) is 32.4 Å². The fourth-order valence-electron chi connectivity index (χ4n) is 2.05. The molecule has 5 nitrogen and oxygen atoms in total. The summed E-state index contributed by atoms with van der Waals surface area (Å²) in [5, 5.41) is 18.9. The van der Waals surface area contributed by atoms with E-state index in [1.807, 2.05) is 13.0 Å². The Morgan fingerprint density at radius 3 is 2.73 bits per heavy atom. The van der Waals surface area contributed by atoms with Crippen LogP contribution in [0.5, 0.6) is 0 Å². The predicted molar refractivity (Wildman–Crippen MR) is 92.5 cm³/mol. The molecule has 0 fully saturated rings. The summed E-state index contributed by atoms with van der Waals surface area (Å²) in [6.45, 7) is 6.43.